The Morgan fingerprint density at radius 2 is 1.76 bits per heavy atom. The van der Waals surface area contributed by atoms with Crippen molar-refractivity contribution in [2.45, 2.75) is 46.6 Å². The van der Waals surface area contributed by atoms with E-state index in [0.29, 0.717) is 23.0 Å². The van der Waals surface area contributed by atoms with E-state index in [2.05, 4.69) is 26.8 Å². The molecule has 2 N–H and O–H groups in total. The summed E-state index contributed by atoms with van der Waals surface area (Å²) in [4.78, 5) is 24.0. The molecule has 0 aromatic heterocycles. The minimum Gasteiger partial charge on any atom is -0.490 e. The molecule has 1 aliphatic heterocycles. The number of allylic oxidation sites excluding steroid dienone is 3. The summed E-state index contributed by atoms with van der Waals surface area (Å²) < 4.78 is 5.70. The number of nitrogens with zero attached hydrogens (tertiary/aromatic N) is 2. The van der Waals surface area contributed by atoms with Crippen LogP contribution in [0.1, 0.15) is 46.1 Å². The van der Waals surface area contributed by atoms with E-state index in [9.17, 15) is 20.0 Å². The molecule has 0 radical (unpaired) electrons. The van der Waals surface area contributed by atoms with E-state index in [0.717, 1.165) is 12.8 Å². The molecule has 1 aromatic rings. The number of rotatable bonds is 7. The van der Waals surface area contributed by atoms with Crippen molar-refractivity contribution in [3.8, 4) is 5.75 Å². The van der Waals surface area contributed by atoms with Gasteiger partial charge >= 0.3 is 0 Å². The lowest BCUT2D eigenvalue weighted by atomic mass is 10.1. The zero-order chi connectivity index (χ0) is 21.6. The van der Waals surface area contributed by atoms with Gasteiger partial charge in [0.1, 0.15) is 24.1 Å². The fourth-order valence-electron chi connectivity index (χ4n) is 2.70. The lowest BCUT2D eigenvalue weighted by Gasteiger charge is -2.32. The van der Waals surface area contributed by atoms with E-state index < -0.39 is 17.9 Å². The average molecular weight is 400 g/mol. The van der Waals surface area contributed by atoms with Crippen LogP contribution in [0.15, 0.2) is 53.3 Å². The van der Waals surface area contributed by atoms with E-state index in [4.69, 9.17) is 4.74 Å². The van der Waals surface area contributed by atoms with Crippen LogP contribution in [0.4, 0.5) is 0 Å². The average Bonchev–Trinajstić information content (AvgIpc) is 2.69. The van der Waals surface area contributed by atoms with Crippen LogP contribution in [-0.2, 0) is 9.59 Å². The Morgan fingerprint density at radius 3 is 2.38 bits per heavy atom. The monoisotopic (exact) mass is 400 g/mol. The largest absolute Gasteiger partial charge is 0.490 e. The molecule has 0 unspecified atom stereocenters. The Morgan fingerprint density at radius 1 is 1.10 bits per heavy atom. The topological polar surface area (TPSA) is 90.3 Å². The predicted molar refractivity (Wildman–Crippen MR) is 109 cm³/mol. The number of ether oxygens (including phenoxy) is 1. The van der Waals surface area contributed by atoms with Crippen LogP contribution >= 0.6 is 0 Å². The quantitative estimate of drug-likeness (QED) is 0.411. The molecule has 7 nitrogen and oxygen atoms in total. The zero-order valence-corrected chi connectivity index (χ0v) is 17.3. The van der Waals surface area contributed by atoms with Gasteiger partial charge in [-0.05, 0) is 70.4 Å². The summed E-state index contributed by atoms with van der Waals surface area (Å²) in [5.41, 5.74) is 2.83. The molecule has 0 aliphatic carbocycles. The number of hydroxylamine groups is 4. The van der Waals surface area contributed by atoms with Crippen molar-refractivity contribution in [3.05, 3.63) is 58.8 Å². The van der Waals surface area contributed by atoms with Crippen molar-refractivity contribution in [1.29, 1.82) is 0 Å². The molecule has 29 heavy (non-hydrogen) atoms. The molecule has 1 aliphatic rings. The highest BCUT2D eigenvalue weighted by atomic mass is 16.5. The van der Waals surface area contributed by atoms with Crippen LogP contribution in [0.25, 0.3) is 6.08 Å². The Kier molecular flexibility index (Phi) is 7.75. The van der Waals surface area contributed by atoms with Gasteiger partial charge in [0, 0.05) is 0 Å². The van der Waals surface area contributed by atoms with E-state index in [1.54, 1.807) is 24.3 Å². The summed E-state index contributed by atoms with van der Waals surface area (Å²) in [5, 5.41) is 20.2. The van der Waals surface area contributed by atoms with E-state index in [1.165, 1.54) is 24.1 Å². The number of hydrogen-bond acceptors (Lipinski definition) is 5. The molecule has 0 bridgehead atoms. The smallest absolute Gasteiger partial charge is 0.297 e. The van der Waals surface area contributed by atoms with E-state index in [1.807, 2.05) is 6.08 Å². The summed E-state index contributed by atoms with van der Waals surface area (Å²) >= 11 is 0. The number of amides is 2. The van der Waals surface area contributed by atoms with Crippen LogP contribution in [0.5, 0.6) is 5.75 Å². The SMILES string of the molecule is CC(C)=CCCC(C)=CCOc1ccc(C=C2C(=O)N(O)[C@H](C)C(=O)N2O)cc1. The van der Waals surface area contributed by atoms with Gasteiger partial charge in [-0.25, -0.2) is 5.06 Å². The molecular formula is C22H28N2O5. The molecule has 2 rings (SSSR count). The number of piperazine rings is 1. The van der Waals surface area contributed by atoms with Gasteiger partial charge in [-0.2, -0.15) is 5.06 Å². The molecule has 156 valence electrons. The molecule has 1 saturated heterocycles. The number of carbonyl (C=O) groups is 2. The summed E-state index contributed by atoms with van der Waals surface area (Å²) in [6, 6.07) is 5.71. The van der Waals surface area contributed by atoms with Crippen LogP contribution in [0.3, 0.4) is 0 Å². The highest BCUT2D eigenvalue weighted by Crippen LogP contribution is 2.21. The predicted octanol–water partition coefficient (Wildman–Crippen LogP) is 3.94. The molecule has 0 saturated carbocycles. The third-order valence-electron chi connectivity index (χ3n) is 4.54. The maximum atomic E-state index is 12.1. The first-order valence-corrected chi connectivity index (χ1v) is 9.49. The van der Waals surface area contributed by atoms with Gasteiger partial charge in [-0.15, -0.1) is 0 Å². The Bertz CT molecular complexity index is 835. The second-order valence-corrected chi connectivity index (χ2v) is 7.26. The van der Waals surface area contributed by atoms with Crippen molar-refractivity contribution in [2.24, 2.45) is 0 Å². The lowest BCUT2D eigenvalue weighted by Crippen LogP contribution is -2.54. The van der Waals surface area contributed by atoms with Gasteiger partial charge in [0.05, 0.1) is 0 Å². The van der Waals surface area contributed by atoms with Crippen LogP contribution in [0.2, 0.25) is 0 Å². The second-order valence-electron chi connectivity index (χ2n) is 7.26. The molecule has 1 aromatic carbocycles. The second kappa shape index (κ2) is 10.0. The lowest BCUT2D eigenvalue weighted by molar-refractivity contribution is -0.205. The first-order chi connectivity index (χ1) is 13.7. The maximum Gasteiger partial charge on any atom is 0.297 e. The van der Waals surface area contributed by atoms with E-state index >= 15 is 0 Å². The highest BCUT2D eigenvalue weighted by molar-refractivity contribution is 6.05. The minimum absolute atomic E-state index is 0.271. The van der Waals surface area contributed by atoms with Gasteiger partial charge in [-0.3, -0.25) is 20.0 Å². The zero-order valence-electron chi connectivity index (χ0n) is 17.3. The van der Waals surface area contributed by atoms with Crippen molar-refractivity contribution < 1.29 is 24.7 Å². The summed E-state index contributed by atoms with van der Waals surface area (Å²) in [6.45, 7) is 8.02. The molecule has 7 heteroatoms. The molecule has 1 fully saturated rings. The maximum absolute atomic E-state index is 12.1. The summed E-state index contributed by atoms with van der Waals surface area (Å²) in [6.07, 6.45) is 7.58. The van der Waals surface area contributed by atoms with Gasteiger partial charge in [0.15, 0.2) is 0 Å². The fourth-order valence-corrected chi connectivity index (χ4v) is 2.70. The third-order valence-corrected chi connectivity index (χ3v) is 4.54. The van der Waals surface area contributed by atoms with Gasteiger partial charge in [0.2, 0.25) is 0 Å². The van der Waals surface area contributed by atoms with Crippen LogP contribution < -0.4 is 4.74 Å². The van der Waals surface area contributed by atoms with Crippen molar-refractivity contribution >= 4 is 17.9 Å². The Hall–Kier alpha value is -2.90. The molecule has 1 atom stereocenters. The Balaban J connectivity index is 1.98. The molecule has 1 heterocycles. The number of benzene rings is 1. The van der Waals surface area contributed by atoms with Crippen molar-refractivity contribution in [1.82, 2.24) is 10.1 Å². The Labute approximate surface area is 171 Å². The third kappa shape index (κ3) is 6.04. The van der Waals surface area contributed by atoms with Crippen LogP contribution in [0, 0.1) is 0 Å². The van der Waals surface area contributed by atoms with Gasteiger partial charge in [0.25, 0.3) is 11.8 Å². The molecule has 2 amide bonds. The molecule has 0 spiro atoms. The fraction of sp³-hybridized carbons (Fsp3) is 0.364. The van der Waals surface area contributed by atoms with Crippen molar-refractivity contribution in [2.75, 3.05) is 6.61 Å². The first-order valence-electron chi connectivity index (χ1n) is 9.49. The number of carbonyl (C=O) groups excluding carboxylic acids is 2. The normalized spacial score (nSPS) is 19.0. The van der Waals surface area contributed by atoms with Crippen LogP contribution in [-0.4, -0.2) is 45.0 Å². The highest BCUT2D eigenvalue weighted by Gasteiger charge is 2.39. The standard InChI is InChI=1S/C22H28N2O5/c1-15(2)6-5-7-16(3)12-13-29-19-10-8-18(9-11-19)14-20-22(26)23(27)17(4)21(25)24(20)28/h6,8-12,14,17,27-28H,5,7,13H2,1-4H3/t17-/m1/s1. The number of hydrogen-bond donors (Lipinski definition) is 2. The van der Waals surface area contributed by atoms with Gasteiger partial charge < -0.3 is 4.74 Å². The minimum atomic E-state index is -1.14. The summed E-state index contributed by atoms with van der Waals surface area (Å²) in [5.74, 6) is -0.983. The first kappa shape index (κ1) is 22.4. The van der Waals surface area contributed by atoms with Crippen molar-refractivity contribution in [3.63, 3.8) is 0 Å². The van der Waals surface area contributed by atoms with E-state index in [-0.39, 0.29) is 10.8 Å². The summed E-state index contributed by atoms with van der Waals surface area (Å²) in [7, 11) is 0. The molecular weight excluding hydrogens is 372 g/mol. The van der Waals surface area contributed by atoms with Gasteiger partial charge in [-0.1, -0.05) is 29.4 Å².